The highest BCUT2D eigenvalue weighted by Gasteiger charge is 2.25. The second kappa shape index (κ2) is 8.07. The minimum Gasteiger partial charge on any atom is -0.397 e. The summed E-state index contributed by atoms with van der Waals surface area (Å²) in [5.74, 6) is -0.235. The lowest BCUT2D eigenvalue weighted by Crippen LogP contribution is -2.37. The number of hydrogen-bond acceptors (Lipinski definition) is 3. The van der Waals surface area contributed by atoms with Gasteiger partial charge in [0.05, 0.1) is 23.6 Å². The average molecular weight is 422 g/mol. The molecule has 158 valence electrons. The van der Waals surface area contributed by atoms with E-state index in [9.17, 15) is 9.59 Å². The van der Waals surface area contributed by atoms with Crippen molar-refractivity contribution in [3.63, 3.8) is 0 Å². The van der Waals surface area contributed by atoms with Crippen molar-refractivity contribution in [1.29, 1.82) is 0 Å². The molecule has 1 aliphatic heterocycles. The van der Waals surface area contributed by atoms with Crippen molar-refractivity contribution in [2.24, 2.45) is 0 Å². The Balaban J connectivity index is 1.23. The van der Waals surface area contributed by atoms with Crippen LogP contribution in [0.15, 0.2) is 84.9 Å². The smallest absolute Gasteiger partial charge is 0.322 e. The van der Waals surface area contributed by atoms with Crippen molar-refractivity contribution in [2.45, 2.75) is 13.1 Å². The van der Waals surface area contributed by atoms with Crippen LogP contribution >= 0.6 is 0 Å². The molecule has 0 fully saturated rings. The van der Waals surface area contributed by atoms with Gasteiger partial charge in [-0.3, -0.25) is 9.69 Å². The number of amides is 3. The molecule has 0 bridgehead atoms. The van der Waals surface area contributed by atoms with Crippen LogP contribution in [0, 0.1) is 0 Å². The number of nitrogens with one attached hydrogen (secondary N) is 2. The quantitative estimate of drug-likeness (QED) is 0.409. The Morgan fingerprint density at radius 2 is 1.62 bits per heavy atom. The van der Waals surface area contributed by atoms with E-state index < -0.39 is 0 Å². The maximum atomic E-state index is 12.9. The van der Waals surface area contributed by atoms with Gasteiger partial charge < -0.3 is 16.4 Å². The lowest BCUT2D eigenvalue weighted by molar-refractivity contribution is 0.102. The fourth-order valence-electron chi connectivity index (χ4n) is 4.04. The molecule has 5 rings (SSSR count). The molecule has 1 heterocycles. The maximum Gasteiger partial charge on any atom is 0.322 e. The molecule has 0 atom stereocenters. The van der Waals surface area contributed by atoms with Crippen LogP contribution in [0.1, 0.15) is 21.5 Å². The van der Waals surface area contributed by atoms with Crippen LogP contribution in [0.25, 0.3) is 10.8 Å². The first-order chi connectivity index (χ1) is 15.6. The summed E-state index contributed by atoms with van der Waals surface area (Å²) in [6.45, 7) is 0.930. The highest BCUT2D eigenvalue weighted by Crippen LogP contribution is 2.37. The van der Waals surface area contributed by atoms with Gasteiger partial charge in [-0.2, -0.15) is 0 Å². The van der Waals surface area contributed by atoms with Gasteiger partial charge in [-0.15, -0.1) is 0 Å². The Labute approximate surface area is 185 Å². The zero-order valence-corrected chi connectivity index (χ0v) is 17.3. The number of urea groups is 1. The molecule has 32 heavy (non-hydrogen) atoms. The number of nitrogens with zero attached hydrogens (tertiary/aromatic N) is 1. The molecule has 0 saturated carbocycles. The highest BCUT2D eigenvalue weighted by molar-refractivity contribution is 6.08. The van der Waals surface area contributed by atoms with Crippen LogP contribution in [-0.4, -0.2) is 11.9 Å². The van der Waals surface area contributed by atoms with E-state index in [0.29, 0.717) is 30.0 Å². The van der Waals surface area contributed by atoms with Crippen LogP contribution in [0.4, 0.5) is 21.9 Å². The van der Waals surface area contributed by atoms with Gasteiger partial charge in [0.25, 0.3) is 5.91 Å². The largest absolute Gasteiger partial charge is 0.397 e. The molecular formula is C26H22N4O2. The Kier molecular flexibility index (Phi) is 4.95. The minimum absolute atomic E-state index is 0.143. The van der Waals surface area contributed by atoms with E-state index in [1.807, 2.05) is 42.5 Å². The van der Waals surface area contributed by atoms with E-state index in [-0.39, 0.29) is 11.9 Å². The Bertz CT molecular complexity index is 1330. The van der Waals surface area contributed by atoms with Crippen molar-refractivity contribution in [3.8, 4) is 0 Å². The zero-order chi connectivity index (χ0) is 22.1. The summed E-state index contributed by atoms with van der Waals surface area (Å²) in [5, 5.41) is 8.07. The summed E-state index contributed by atoms with van der Waals surface area (Å²) >= 11 is 0. The van der Waals surface area contributed by atoms with Crippen LogP contribution in [0.3, 0.4) is 0 Å². The van der Waals surface area contributed by atoms with Crippen LogP contribution in [0.5, 0.6) is 0 Å². The number of benzene rings is 4. The third-order valence-corrected chi connectivity index (χ3v) is 5.70. The Morgan fingerprint density at radius 3 is 2.41 bits per heavy atom. The van der Waals surface area contributed by atoms with Gasteiger partial charge in [0.1, 0.15) is 0 Å². The molecule has 1 aliphatic rings. The van der Waals surface area contributed by atoms with E-state index in [4.69, 9.17) is 5.73 Å². The van der Waals surface area contributed by atoms with Crippen molar-refractivity contribution in [2.75, 3.05) is 16.0 Å². The highest BCUT2D eigenvalue weighted by atomic mass is 16.2. The number of para-hydroxylation sites is 2. The number of anilines is 3. The van der Waals surface area contributed by atoms with Gasteiger partial charge in [-0.05, 0) is 46.8 Å². The average Bonchev–Trinajstić information content (AvgIpc) is 3.20. The van der Waals surface area contributed by atoms with Crippen molar-refractivity contribution < 1.29 is 9.59 Å². The Hall–Kier alpha value is -4.32. The van der Waals surface area contributed by atoms with Gasteiger partial charge in [-0.1, -0.05) is 54.6 Å². The molecule has 3 amide bonds. The fourth-order valence-corrected chi connectivity index (χ4v) is 4.04. The predicted molar refractivity (Wildman–Crippen MR) is 128 cm³/mol. The van der Waals surface area contributed by atoms with Gasteiger partial charge in [-0.25, -0.2) is 4.79 Å². The van der Waals surface area contributed by atoms with Crippen molar-refractivity contribution in [3.05, 3.63) is 102 Å². The standard InChI is InChI=1S/C26H22N4O2/c27-21-8-1-2-9-22(21)29-25(31)19-13-11-17(12-14-19)15-28-26(32)30-16-20-7-3-5-18-6-4-10-23(30)24(18)20/h1-14H,15-16,27H2,(H,28,32)(H,29,31). The molecule has 0 unspecified atom stereocenters. The first-order valence-corrected chi connectivity index (χ1v) is 10.4. The van der Waals surface area contributed by atoms with E-state index in [1.54, 1.807) is 29.2 Å². The van der Waals surface area contributed by atoms with E-state index >= 15 is 0 Å². The summed E-state index contributed by atoms with van der Waals surface area (Å²) < 4.78 is 0. The number of nitrogen functional groups attached to an aromatic ring is 1. The molecule has 0 aromatic heterocycles. The number of hydrogen-bond donors (Lipinski definition) is 3. The number of carbonyl (C=O) groups is 2. The molecule has 0 aliphatic carbocycles. The molecule has 0 radical (unpaired) electrons. The molecule has 6 nitrogen and oxygen atoms in total. The third kappa shape index (κ3) is 3.63. The molecule has 0 spiro atoms. The molecular weight excluding hydrogens is 400 g/mol. The first kappa shape index (κ1) is 19.6. The van der Waals surface area contributed by atoms with Crippen LogP contribution < -0.4 is 21.3 Å². The number of nitrogens with two attached hydrogens (primary N) is 1. The summed E-state index contributed by atoms with van der Waals surface area (Å²) in [6.07, 6.45) is 0. The molecule has 4 N–H and O–H groups in total. The monoisotopic (exact) mass is 422 g/mol. The first-order valence-electron chi connectivity index (χ1n) is 10.4. The summed E-state index contributed by atoms with van der Waals surface area (Å²) in [6, 6.07) is 26.3. The number of carbonyl (C=O) groups excluding carboxylic acids is 2. The maximum absolute atomic E-state index is 12.9. The minimum atomic E-state index is -0.235. The fraction of sp³-hybridized carbons (Fsp3) is 0.0769. The molecule has 6 heteroatoms. The van der Waals surface area contributed by atoms with Crippen LogP contribution in [-0.2, 0) is 13.1 Å². The lowest BCUT2D eigenvalue weighted by Gasteiger charge is -2.18. The topological polar surface area (TPSA) is 87.5 Å². The zero-order valence-electron chi connectivity index (χ0n) is 17.3. The third-order valence-electron chi connectivity index (χ3n) is 5.70. The molecule has 4 aromatic carbocycles. The van der Waals surface area contributed by atoms with E-state index in [2.05, 4.69) is 28.8 Å². The van der Waals surface area contributed by atoms with Gasteiger partial charge >= 0.3 is 6.03 Å². The lowest BCUT2D eigenvalue weighted by atomic mass is 10.1. The molecule has 0 saturated heterocycles. The van der Waals surface area contributed by atoms with Gasteiger partial charge in [0.15, 0.2) is 0 Å². The predicted octanol–water partition coefficient (Wildman–Crippen LogP) is 4.90. The van der Waals surface area contributed by atoms with Crippen LogP contribution in [0.2, 0.25) is 0 Å². The second-order valence-electron chi connectivity index (χ2n) is 7.78. The Morgan fingerprint density at radius 1 is 0.875 bits per heavy atom. The summed E-state index contributed by atoms with van der Waals surface area (Å²) in [4.78, 5) is 27.1. The van der Waals surface area contributed by atoms with E-state index in [1.165, 1.54) is 0 Å². The normalized spacial score (nSPS) is 12.1. The van der Waals surface area contributed by atoms with Gasteiger partial charge in [0, 0.05) is 17.5 Å². The molecule has 4 aromatic rings. The second-order valence-corrected chi connectivity index (χ2v) is 7.78. The van der Waals surface area contributed by atoms with Crippen molar-refractivity contribution in [1.82, 2.24) is 5.32 Å². The van der Waals surface area contributed by atoms with E-state index in [0.717, 1.165) is 27.6 Å². The van der Waals surface area contributed by atoms with Crippen molar-refractivity contribution >= 4 is 39.8 Å². The van der Waals surface area contributed by atoms with Gasteiger partial charge in [0.2, 0.25) is 0 Å². The summed E-state index contributed by atoms with van der Waals surface area (Å²) in [7, 11) is 0. The summed E-state index contributed by atoms with van der Waals surface area (Å²) in [5.41, 5.74) is 10.5. The number of rotatable bonds is 4. The SMILES string of the molecule is Nc1ccccc1NC(=O)c1ccc(CNC(=O)N2Cc3cccc4cccc2c34)cc1.